The van der Waals surface area contributed by atoms with E-state index in [2.05, 4.69) is 40.4 Å². The first-order valence-electron chi connectivity index (χ1n) is 7.37. The quantitative estimate of drug-likeness (QED) is 0.817. The van der Waals surface area contributed by atoms with Gasteiger partial charge in [0, 0.05) is 6.54 Å². The van der Waals surface area contributed by atoms with Gasteiger partial charge in [0.15, 0.2) is 0 Å². The van der Waals surface area contributed by atoms with Gasteiger partial charge in [-0.25, -0.2) is 4.68 Å². The van der Waals surface area contributed by atoms with Gasteiger partial charge in [-0.15, -0.1) is 5.10 Å². The van der Waals surface area contributed by atoms with E-state index < -0.39 is 0 Å². The summed E-state index contributed by atoms with van der Waals surface area (Å²) in [6, 6.07) is 0.582. The van der Waals surface area contributed by atoms with Crippen molar-refractivity contribution in [1.29, 1.82) is 0 Å². The minimum Gasteiger partial charge on any atom is -0.311 e. The average Bonchev–Trinajstić information content (AvgIpc) is 2.63. The molecule has 0 spiro atoms. The van der Waals surface area contributed by atoms with Crippen LogP contribution in [0.25, 0.3) is 0 Å². The van der Waals surface area contributed by atoms with E-state index in [1.807, 2.05) is 0 Å². The van der Waals surface area contributed by atoms with Crippen molar-refractivity contribution >= 4 is 0 Å². The Hall–Kier alpha value is -0.900. The molecule has 0 amide bonds. The van der Waals surface area contributed by atoms with Crippen molar-refractivity contribution in [2.45, 2.75) is 65.0 Å². The first kappa shape index (κ1) is 13.5. The van der Waals surface area contributed by atoms with Crippen LogP contribution in [0.5, 0.6) is 0 Å². The van der Waals surface area contributed by atoms with E-state index in [-0.39, 0.29) is 0 Å². The molecule has 1 aromatic rings. The Labute approximate surface area is 110 Å². The molecule has 18 heavy (non-hydrogen) atoms. The highest BCUT2D eigenvalue weighted by Crippen LogP contribution is 2.26. The molecule has 0 aromatic carbocycles. The molecule has 102 valence electrons. The van der Waals surface area contributed by atoms with E-state index >= 15 is 0 Å². The van der Waals surface area contributed by atoms with Crippen molar-refractivity contribution in [3.8, 4) is 0 Å². The molecule has 0 unspecified atom stereocenters. The largest absolute Gasteiger partial charge is 0.311 e. The number of nitrogens with one attached hydrogen (secondary N) is 1. The molecule has 1 aliphatic carbocycles. The van der Waals surface area contributed by atoms with Gasteiger partial charge in [-0.3, -0.25) is 0 Å². The second-order valence-electron chi connectivity index (χ2n) is 5.86. The molecule has 0 aliphatic heterocycles. The summed E-state index contributed by atoms with van der Waals surface area (Å²) in [7, 11) is 0. The van der Waals surface area contributed by atoms with Crippen molar-refractivity contribution < 1.29 is 0 Å². The fourth-order valence-electron chi connectivity index (χ4n) is 2.58. The third kappa shape index (κ3) is 4.09. The van der Waals surface area contributed by atoms with Crippen molar-refractivity contribution in [1.82, 2.24) is 20.3 Å². The Balaban J connectivity index is 1.84. The molecule has 2 rings (SSSR count). The smallest absolute Gasteiger partial charge is 0.0964 e. The maximum Gasteiger partial charge on any atom is 0.0964 e. The SMILES string of the molecule is CC(C)CNCc1cn(C2CCCCCC2)nn1. The highest BCUT2D eigenvalue weighted by atomic mass is 15.4. The summed E-state index contributed by atoms with van der Waals surface area (Å²) in [5, 5.41) is 12.0. The van der Waals surface area contributed by atoms with Gasteiger partial charge in [0.2, 0.25) is 0 Å². The minimum absolute atomic E-state index is 0.582. The number of hydrogen-bond donors (Lipinski definition) is 1. The Morgan fingerprint density at radius 1 is 1.28 bits per heavy atom. The van der Waals surface area contributed by atoms with Gasteiger partial charge in [-0.1, -0.05) is 44.7 Å². The fraction of sp³-hybridized carbons (Fsp3) is 0.857. The third-order valence-corrected chi connectivity index (χ3v) is 3.62. The monoisotopic (exact) mass is 250 g/mol. The predicted molar refractivity (Wildman–Crippen MR) is 73.3 cm³/mol. The van der Waals surface area contributed by atoms with Crippen LogP contribution in [-0.4, -0.2) is 21.5 Å². The second kappa shape index (κ2) is 6.88. The van der Waals surface area contributed by atoms with Gasteiger partial charge in [0.25, 0.3) is 0 Å². The standard InChI is InChI=1S/C14H26N4/c1-12(2)9-15-10-13-11-18(17-16-13)14-7-5-3-4-6-8-14/h11-12,14-15H,3-10H2,1-2H3. The van der Waals surface area contributed by atoms with Crippen molar-refractivity contribution in [2.75, 3.05) is 6.54 Å². The van der Waals surface area contributed by atoms with Crippen LogP contribution in [-0.2, 0) is 6.54 Å². The summed E-state index contributed by atoms with van der Waals surface area (Å²) in [5.74, 6) is 0.682. The van der Waals surface area contributed by atoms with Crippen LogP contribution in [0.15, 0.2) is 6.20 Å². The zero-order chi connectivity index (χ0) is 12.8. The lowest BCUT2D eigenvalue weighted by Crippen LogP contribution is -2.19. The summed E-state index contributed by atoms with van der Waals surface area (Å²) in [6.45, 7) is 6.31. The van der Waals surface area contributed by atoms with Gasteiger partial charge in [-0.2, -0.15) is 0 Å². The van der Waals surface area contributed by atoms with Gasteiger partial charge < -0.3 is 5.32 Å². The maximum absolute atomic E-state index is 4.31. The second-order valence-corrected chi connectivity index (χ2v) is 5.86. The first-order valence-corrected chi connectivity index (χ1v) is 7.37. The number of nitrogens with zero attached hydrogens (tertiary/aromatic N) is 3. The zero-order valence-corrected chi connectivity index (χ0v) is 11.7. The highest BCUT2D eigenvalue weighted by Gasteiger charge is 2.15. The molecule has 1 aliphatic rings. The van der Waals surface area contributed by atoms with Gasteiger partial charge in [0.05, 0.1) is 17.9 Å². The highest BCUT2D eigenvalue weighted by molar-refractivity contribution is 4.93. The van der Waals surface area contributed by atoms with E-state index in [1.54, 1.807) is 0 Å². The van der Waals surface area contributed by atoms with E-state index in [9.17, 15) is 0 Å². The molecule has 4 heteroatoms. The van der Waals surface area contributed by atoms with Gasteiger partial charge in [-0.05, 0) is 25.3 Å². The Kier molecular flexibility index (Phi) is 5.17. The first-order chi connectivity index (χ1) is 8.75. The van der Waals surface area contributed by atoms with Crippen LogP contribution < -0.4 is 5.32 Å². The molecule has 0 radical (unpaired) electrons. The third-order valence-electron chi connectivity index (χ3n) is 3.62. The molecule has 0 atom stereocenters. The molecular formula is C14H26N4. The maximum atomic E-state index is 4.31. The summed E-state index contributed by atoms with van der Waals surface area (Å²) >= 11 is 0. The molecule has 1 saturated carbocycles. The lowest BCUT2D eigenvalue weighted by molar-refractivity contribution is 0.396. The minimum atomic E-state index is 0.582. The molecule has 1 fully saturated rings. The van der Waals surface area contributed by atoms with Crippen molar-refractivity contribution in [3.05, 3.63) is 11.9 Å². The summed E-state index contributed by atoms with van der Waals surface area (Å²) < 4.78 is 2.09. The average molecular weight is 250 g/mol. The molecule has 0 bridgehead atoms. The van der Waals surface area contributed by atoms with Crippen molar-refractivity contribution in [2.24, 2.45) is 5.92 Å². The Morgan fingerprint density at radius 2 is 2.00 bits per heavy atom. The molecule has 1 heterocycles. The number of rotatable bonds is 5. The van der Waals surface area contributed by atoms with Crippen LogP contribution >= 0.6 is 0 Å². The lowest BCUT2D eigenvalue weighted by atomic mass is 10.1. The van der Waals surface area contributed by atoms with Crippen LogP contribution in [0.4, 0.5) is 0 Å². The molecular weight excluding hydrogens is 224 g/mol. The molecule has 0 saturated heterocycles. The number of hydrogen-bond acceptors (Lipinski definition) is 3. The lowest BCUT2D eigenvalue weighted by Gasteiger charge is -2.13. The molecule has 4 nitrogen and oxygen atoms in total. The van der Waals surface area contributed by atoms with Crippen LogP contribution in [0.3, 0.4) is 0 Å². The fourth-order valence-corrected chi connectivity index (χ4v) is 2.58. The summed E-state index contributed by atoms with van der Waals surface area (Å²) in [6.07, 6.45) is 10.1. The summed E-state index contributed by atoms with van der Waals surface area (Å²) in [5.41, 5.74) is 1.07. The Bertz CT molecular complexity index is 337. The topological polar surface area (TPSA) is 42.7 Å². The van der Waals surface area contributed by atoms with Gasteiger partial charge in [0.1, 0.15) is 0 Å². The molecule has 1 N–H and O–H groups in total. The van der Waals surface area contributed by atoms with E-state index in [0.717, 1.165) is 18.8 Å². The normalized spacial score (nSPS) is 18.2. The predicted octanol–water partition coefficient (Wildman–Crippen LogP) is 2.92. The molecule has 1 aromatic heterocycles. The van der Waals surface area contributed by atoms with E-state index in [4.69, 9.17) is 0 Å². The van der Waals surface area contributed by atoms with Crippen LogP contribution in [0.1, 0.15) is 64.1 Å². The zero-order valence-electron chi connectivity index (χ0n) is 11.7. The Morgan fingerprint density at radius 3 is 2.67 bits per heavy atom. The van der Waals surface area contributed by atoms with E-state index in [0.29, 0.717) is 12.0 Å². The summed E-state index contributed by atoms with van der Waals surface area (Å²) in [4.78, 5) is 0. The number of aromatic nitrogens is 3. The van der Waals surface area contributed by atoms with Gasteiger partial charge >= 0.3 is 0 Å². The van der Waals surface area contributed by atoms with Crippen molar-refractivity contribution in [3.63, 3.8) is 0 Å². The van der Waals surface area contributed by atoms with Crippen LogP contribution in [0, 0.1) is 5.92 Å². The van der Waals surface area contributed by atoms with E-state index in [1.165, 1.54) is 38.5 Å². The van der Waals surface area contributed by atoms with Crippen LogP contribution in [0.2, 0.25) is 0 Å².